The van der Waals surface area contributed by atoms with Gasteiger partial charge in [-0.3, -0.25) is 4.79 Å². The lowest BCUT2D eigenvalue weighted by Crippen LogP contribution is -2.55. The largest absolute Gasteiger partial charge is 0.462 e. The predicted octanol–water partition coefficient (Wildman–Crippen LogP) is 4.08. The third kappa shape index (κ3) is 5.77. The second-order valence-corrected chi connectivity index (χ2v) is 11.8. The Hall–Kier alpha value is -4.69. The molecule has 0 saturated carbocycles. The van der Waals surface area contributed by atoms with E-state index in [9.17, 15) is 14.9 Å². The zero-order chi connectivity index (χ0) is 30.8. The molecule has 0 aliphatic carbocycles. The molecule has 44 heavy (non-hydrogen) atoms. The zero-order valence-corrected chi connectivity index (χ0v) is 25.3. The number of amides is 3. The van der Waals surface area contributed by atoms with Crippen molar-refractivity contribution in [1.82, 2.24) is 24.7 Å². The minimum absolute atomic E-state index is 0.186. The van der Waals surface area contributed by atoms with E-state index in [0.717, 1.165) is 52.7 Å². The molecule has 2 atom stereocenters. The van der Waals surface area contributed by atoms with Gasteiger partial charge in [-0.2, -0.15) is 15.2 Å². The van der Waals surface area contributed by atoms with Gasteiger partial charge in [-0.25, -0.2) is 4.79 Å². The van der Waals surface area contributed by atoms with Crippen molar-refractivity contribution in [2.75, 3.05) is 50.1 Å². The number of piperazine rings is 1. The van der Waals surface area contributed by atoms with Gasteiger partial charge >= 0.3 is 12.0 Å². The number of ether oxygens (including phenoxy) is 1. The highest BCUT2D eigenvalue weighted by atomic mass is 16.5. The number of aryl methyl sites for hydroxylation is 1. The number of likely N-dealkylation sites (N-methyl/N-ethyl adjacent to an activating group) is 1. The molecule has 3 aliphatic heterocycles. The summed E-state index contributed by atoms with van der Waals surface area (Å²) in [6.45, 7) is 9.24. The Morgan fingerprint density at radius 1 is 1.14 bits per heavy atom. The number of urea groups is 1. The Bertz CT molecular complexity index is 1630. The summed E-state index contributed by atoms with van der Waals surface area (Å²) in [6, 6.07) is 14.3. The molecule has 1 N–H and O–H groups in total. The normalized spacial score (nSPS) is 20.0. The first kappa shape index (κ1) is 29.4. The van der Waals surface area contributed by atoms with Crippen LogP contribution in [-0.4, -0.2) is 88.5 Å². The highest BCUT2D eigenvalue weighted by Crippen LogP contribution is 2.34. The number of rotatable bonds is 7. The van der Waals surface area contributed by atoms with E-state index in [1.54, 1.807) is 9.80 Å². The van der Waals surface area contributed by atoms with Crippen molar-refractivity contribution in [3.63, 3.8) is 0 Å². The van der Waals surface area contributed by atoms with Gasteiger partial charge < -0.3 is 29.7 Å². The Labute approximate surface area is 257 Å². The number of likely N-dealkylation sites (tertiary alicyclic amines) is 1. The molecule has 3 amide bonds. The maximum atomic E-state index is 13.7. The first-order valence-electron chi connectivity index (χ1n) is 15.2. The zero-order valence-electron chi connectivity index (χ0n) is 25.3. The lowest BCUT2D eigenvalue weighted by Gasteiger charge is -2.41. The molecule has 6 rings (SSSR count). The summed E-state index contributed by atoms with van der Waals surface area (Å²) in [6.07, 6.45) is 3.68. The van der Waals surface area contributed by atoms with Crippen LogP contribution in [-0.2, 0) is 17.9 Å². The molecule has 3 aliphatic rings. The smallest absolute Gasteiger partial charge is 0.322 e. The molecule has 0 bridgehead atoms. The van der Waals surface area contributed by atoms with Crippen LogP contribution in [0.25, 0.3) is 10.8 Å². The quantitative estimate of drug-likeness (QED) is 0.407. The third-order valence-corrected chi connectivity index (χ3v) is 9.03. The topological polar surface area (TPSA) is 118 Å². The summed E-state index contributed by atoms with van der Waals surface area (Å²) >= 11 is 0. The molecular formula is C33H38N8O3. The van der Waals surface area contributed by atoms with Crippen molar-refractivity contribution in [2.24, 2.45) is 0 Å². The predicted molar refractivity (Wildman–Crippen MR) is 168 cm³/mol. The second-order valence-electron chi connectivity index (χ2n) is 11.8. The number of aromatic nitrogens is 2. The molecule has 1 aromatic heterocycles. The second kappa shape index (κ2) is 12.5. The average molecular weight is 595 g/mol. The Kier molecular flexibility index (Phi) is 8.35. The van der Waals surface area contributed by atoms with Crippen molar-refractivity contribution in [3.05, 3.63) is 65.9 Å². The maximum absolute atomic E-state index is 13.7. The third-order valence-electron chi connectivity index (χ3n) is 9.03. The Morgan fingerprint density at radius 3 is 2.70 bits per heavy atom. The van der Waals surface area contributed by atoms with Crippen LogP contribution < -0.4 is 15.0 Å². The SMILES string of the molecule is C=CC(=O)N1CCN(c2nc(OC[C@@H]3CCCN3C)nc3c2CN(C(=O)Nc2cccc4cccc(C)c24)C3)C[C@@H]1CC#N. The Morgan fingerprint density at radius 2 is 1.95 bits per heavy atom. The number of fused-ring (bicyclic) bond motifs is 2. The minimum atomic E-state index is -0.309. The van der Waals surface area contributed by atoms with Crippen LogP contribution in [0, 0.1) is 18.3 Å². The van der Waals surface area contributed by atoms with E-state index in [4.69, 9.17) is 14.7 Å². The van der Waals surface area contributed by atoms with E-state index in [1.807, 2.05) is 43.3 Å². The Balaban J connectivity index is 1.27. The fraction of sp³-hybridized carbons (Fsp3) is 0.424. The van der Waals surface area contributed by atoms with Crippen LogP contribution in [0.5, 0.6) is 6.01 Å². The van der Waals surface area contributed by atoms with Gasteiger partial charge in [0.25, 0.3) is 0 Å². The van der Waals surface area contributed by atoms with Gasteiger partial charge in [0.1, 0.15) is 12.4 Å². The molecule has 2 saturated heterocycles. The standard InChI is InChI=1S/C33H38N8O3/c1-4-29(42)41-17-16-39(18-24(41)13-14-34)31-26-19-40(20-28(26)35-32(37-31)44-21-25-11-7-15-38(25)3)33(43)36-27-12-6-10-23-9-5-8-22(2)30(23)27/h4-6,8-10,12,24-25H,1,7,11,13,15-21H2,2-3H3,(H,36,43)/t24-,25-/m0/s1. The lowest BCUT2D eigenvalue weighted by atomic mass is 10.0. The fourth-order valence-electron chi connectivity index (χ4n) is 6.61. The van der Waals surface area contributed by atoms with E-state index in [0.29, 0.717) is 51.2 Å². The van der Waals surface area contributed by atoms with E-state index in [-0.39, 0.29) is 30.4 Å². The van der Waals surface area contributed by atoms with Gasteiger partial charge in [-0.1, -0.05) is 36.9 Å². The number of carbonyl (C=O) groups is 2. The number of anilines is 2. The number of hydrogen-bond acceptors (Lipinski definition) is 8. The molecule has 228 valence electrons. The van der Waals surface area contributed by atoms with Crippen molar-refractivity contribution < 1.29 is 14.3 Å². The van der Waals surface area contributed by atoms with Gasteiger partial charge in [0.15, 0.2) is 0 Å². The minimum Gasteiger partial charge on any atom is -0.462 e. The summed E-state index contributed by atoms with van der Waals surface area (Å²) in [5.74, 6) is 0.503. The summed E-state index contributed by atoms with van der Waals surface area (Å²) < 4.78 is 6.18. The van der Waals surface area contributed by atoms with Gasteiger partial charge in [0.05, 0.1) is 43.0 Å². The van der Waals surface area contributed by atoms with Gasteiger partial charge in [0.2, 0.25) is 5.91 Å². The maximum Gasteiger partial charge on any atom is 0.322 e. The lowest BCUT2D eigenvalue weighted by molar-refractivity contribution is -0.128. The number of nitrogens with one attached hydrogen (secondary N) is 1. The van der Waals surface area contributed by atoms with Crippen molar-refractivity contribution in [2.45, 2.75) is 51.4 Å². The van der Waals surface area contributed by atoms with Crippen molar-refractivity contribution >= 4 is 34.2 Å². The number of carbonyl (C=O) groups excluding carboxylic acids is 2. The number of nitriles is 1. The number of hydrogen-bond donors (Lipinski definition) is 1. The highest BCUT2D eigenvalue weighted by molar-refractivity contribution is 6.03. The molecule has 0 unspecified atom stereocenters. The summed E-state index contributed by atoms with van der Waals surface area (Å²) in [7, 11) is 2.10. The molecule has 0 radical (unpaired) electrons. The van der Waals surface area contributed by atoms with Gasteiger partial charge in [-0.05, 0) is 56.4 Å². The molecule has 2 aromatic carbocycles. The molecule has 4 heterocycles. The van der Waals surface area contributed by atoms with E-state index < -0.39 is 0 Å². The van der Waals surface area contributed by atoms with E-state index in [1.165, 1.54) is 6.08 Å². The van der Waals surface area contributed by atoms with Crippen LogP contribution in [0.4, 0.5) is 16.3 Å². The summed E-state index contributed by atoms with van der Waals surface area (Å²) in [4.78, 5) is 43.7. The molecule has 11 nitrogen and oxygen atoms in total. The molecule has 0 spiro atoms. The van der Waals surface area contributed by atoms with E-state index in [2.05, 4.69) is 34.8 Å². The molecule has 3 aromatic rings. The fourth-order valence-corrected chi connectivity index (χ4v) is 6.61. The van der Waals surface area contributed by atoms with E-state index >= 15 is 0 Å². The van der Waals surface area contributed by atoms with Crippen molar-refractivity contribution in [1.29, 1.82) is 5.26 Å². The van der Waals surface area contributed by atoms with Crippen LogP contribution >= 0.6 is 0 Å². The molecular weight excluding hydrogens is 556 g/mol. The summed E-state index contributed by atoms with van der Waals surface area (Å²) in [5, 5.41) is 14.7. The summed E-state index contributed by atoms with van der Waals surface area (Å²) in [5.41, 5.74) is 3.46. The van der Waals surface area contributed by atoms with Gasteiger partial charge in [0, 0.05) is 36.6 Å². The average Bonchev–Trinajstić information content (AvgIpc) is 3.65. The monoisotopic (exact) mass is 594 g/mol. The molecule has 2 fully saturated rings. The number of nitrogens with zero attached hydrogens (tertiary/aromatic N) is 7. The first-order chi connectivity index (χ1) is 21.4. The van der Waals surface area contributed by atoms with Crippen LogP contribution in [0.2, 0.25) is 0 Å². The highest BCUT2D eigenvalue weighted by Gasteiger charge is 2.35. The van der Waals surface area contributed by atoms with Crippen LogP contribution in [0.1, 0.15) is 36.1 Å². The van der Waals surface area contributed by atoms with Gasteiger partial charge in [-0.15, -0.1) is 0 Å². The number of benzene rings is 2. The van der Waals surface area contributed by atoms with Crippen LogP contribution in [0.15, 0.2) is 49.1 Å². The van der Waals surface area contributed by atoms with Crippen molar-refractivity contribution in [3.8, 4) is 12.1 Å². The first-order valence-corrected chi connectivity index (χ1v) is 15.2. The van der Waals surface area contributed by atoms with Crippen LogP contribution in [0.3, 0.4) is 0 Å². The molecule has 11 heteroatoms.